The number of carbonyl (C=O) groups excluding carboxylic acids is 1. The zero-order valence-electron chi connectivity index (χ0n) is 10.6. The molecule has 0 atom stereocenters. The molecule has 0 radical (unpaired) electrons. The molecule has 1 rings (SSSR count). The number of rotatable bonds is 6. The zero-order valence-corrected chi connectivity index (χ0v) is 11.4. The molecule has 96 valence electrons. The summed E-state index contributed by atoms with van der Waals surface area (Å²) in [6, 6.07) is 0. The molecule has 0 spiro atoms. The van der Waals surface area contributed by atoms with Gasteiger partial charge in [0.2, 0.25) is 0 Å². The fourth-order valence-electron chi connectivity index (χ4n) is 1.40. The Morgan fingerprint density at radius 3 is 2.76 bits per heavy atom. The number of hydrogen-bond acceptors (Lipinski definition) is 5. The Morgan fingerprint density at radius 2 is 2.18 bits per heavy atom. The van der Waals surface area contributed by atoms with Gasteiger partial charge in [0.05, 0.1) is 0 Å². The van der Waals surface area contributed by atoms with Crippen LogP contribution in [0.2, 0.25) is 0 Å². The van der Waals surface area contributed by atoms with Crippen molar-refractivity contribution in [2.45, 2.75) is 26.7 Å². The van der Waals surface area contributed by atoms with Crippen molar-refractivity contribution in [3.8, 4) is 0 Å². The molecule has 0 aliphatic heterocycles. The van der Waals surface area contributed by atoms with Crippen LogP contribution in [0.4, 0.5) is 10.9 Å². The second-order valence-electron chi connectivity index (χ2n) is 3.89. The quantitative estimate of drug-likeness (QED) is 0.813. The molecule has 17 heavy (non-hydrogen) atoms. The molecule has 6 heteroatoms. The Morgan fingerprint density at radius 1 is 1.47 bits per heavy atom. The first-order chi connectivity index (χ1) is 8.10. The lowest BCUT2D eigenvalue weighted by molar-refractivity contribution is 0.0958. The molecule has 0 saturated heterocycles. The van der Waals surface area contributed by atoms with Gasteiger partial charge >= 0.3 is 0 Å². The number of hydrogen-bond donors (Lipinski definition) is 2. The molecule has 0 bridgehead atoms. The number of aromatic nitrogens is 1. The smallest absolute Gasteiger partial charge is 0.265 e. The van der Waals surface area contributed by atoms with Crippen molar-refractivity contribution in [3.05, 3.63) is 4.88 Å². The predicted octanol–water partition coefficient (Wildman–Crippen LogP) is 1.71. The third kappa shape index (κ3) is 3.59. The fraction of sp³-hybridized carbons (Fsp3) is 0.636. The average Bonchev–Trinajstić information content (AvgIpc) is 2.68. The van der Waals surface area contributed by atoms with Crippen LogP contribution >= 0.6 is 11.3 Å². The molecule has 0 fully saturated rings. The number of anilines is 2. The van der Waals surface area contributed by atoms with Crippen molar-refractivity contribution in [1.29, 1.82) is 0 Å². The van der Waals surface area contributed by atoms with E-state index in [0.717, 1.165) is 24.5 Å². The Labute approximate surface area is 106 Å². The van der Waals surface area contributed by atoms with Crippen LogP contribution < -0.4 is 16.0 Å². The maximum absolute atomic E-state index is 11.8. The first-order valence-electron chi connectivity index (χ1n) is 5.85. The fourth-order valence-corrected chi connectivity index (χ4v) is 2.28. The Balaban J connectivity index is 2.77. The number of carbonyl (C=O) groups is 1. The highest BCUT2D eigenvalue weighted by Gasteiger charge is 2.17. The predicted molar refractivity (Wildman–Crippen MR) is 72.7 cm³/mol. The van der Waals surface area contributed by atoms with E-state index in [1.165, 1.54) is 11.3 Å². The molecule has 0 aliphatic rings. The molecule has 0 unspecified atom stereocenters. The van der Waals surface area contributed by atoms with Crippen molar-refractivity contribution in [2.75, 3.05) is 30.8 Å². The van der Waals surface area contributed by atoms with E-state index in [1.807, 2.05) is 18.9 Å². The van der Waals surface area contributed by atoms with Gasteiger partial charge in [0.1, 0.15) is 10.7 Å². The molecule has 1 aromatic rings. The minimum Gasteiger partial charge on any atom is -0.382 e. The van der Waals surface area contributed by atoms with E-state index in [4.69, 9.17) is 5.73 Å². The summed E-state index contributed by atoms with van der Waals surface area (Å²) < 4.78 is 0. The molecular weight excluding hydrogens is 236 g/mol. The number of nitrogen functional groups attached to an aromatic ring is 1. The first-order valence-corrected chi connectivity index (χ1v) is 6.67. The van der Waals surface area contributed by atoms with Gasteiger partial charge in [-0.15, -0.1) is 0 Å². The van der Waals surface area contributed by atoms with Gasteiger partial charge in [-0.25, -0.2) is 4.98 Å². The van der Waals surface area contributed by atoms with E-state index in [0.29, 0.717) is 17.2 Å². The number of nitrogens with two attached hydrogens (primary N) is 1. The normalized spacial score (nSPS) is 10.3. The van der Waals surface area contributed by atoms with Gasteiger partial charge in [0.25, 0.3) is 5.91 Å². The van der Waals surface area contributed by atoms with Gasteiger partial charge in [0.15, 0.2) is 5.13 Å². The van der Waals surface area contributed by atoms with Crippen LogP contribution in [-0.2, 0) is 0 Å². The second kappa shape index (κ2) is 6.44. The number of nitrogens with zero attached hydrogens (tertiary/aromatic N) is 2. The Kier molecular flexibility index (Phi) is 5.21. The highest BCUT2D eigenvalue weighted by atomic mass is 32.1. The molecule has 0 saturated carbocycles. The summed E-state index contributed by atoms with van der Waals surface area (Å²) in [6.45, 7) is 5.68. The number of nitrogens with one attached hydrogen (secondary N) is 1. The van der Waals surface area contributed by atoms with Crippen molar-refractivity contribution in [1.82, 2.24) is 10.3 Å². The lowest BCUT2D eigenvalue weighted by Gasteiger charge is -2.13. The largest absolute Gasteiger partial charge is 0.382 e. The molecule has 0 aromatic carbocycles. The van der Waals surface area contributed by atoms with Gasteiger partial charge in [-0.1, -0.05) is 25.2 Å². The number of thiazole rings is 1. The lowest BCUT2D eigenvalue weighted by atomic mass is 10.4. The van der Waals surface area contributed by atoms with Crippen LogP contribution in [0.5, 0.6) is 0 Å². The second-order valence-corrected chi connectivity index (χ2v) is 4.87. The maximum atomic E-state index is 11.8. The average molecular weight is 256 g/mol. The van der Waals surface area contributed by atoms with Crippen LogP contribution in [0, 0.1) is 0 Å². The van der Waals surface area contributed by atoms with Crippen LogP contribution in [0.3, 0.4) is 0 Å². The van der Waals surface area contributed by atoms with Gasteiger partial charge in [-0.3, -0.25) is 4.79 Å². The molecule has 1 amide bonds. The highest BCUT2D eigenvalue weighted by molar-refractivity contribution is 7.18. The van der Waals surface area contributed by atoms with E-state index >= 15 is 0 Å². The minimum atomic E-state index is -0.127. The van der Waals surface area contributed by atoms with Crippen molar-refractivity contribution in [2.24, 2.45) is 0 Å². The summed E-state index contributed by atoms with van der Waals surface area (Å²) in [5.41, 5.74) is 5.76. The van der Waals surface area contributed by atoms with Gasteiger partial charge < -0.3 is 16.0 Å². The van der Waals surface area contributed by atoms with Gasteiger partial charge in [-0.2, -0.15) is 0 Å². The van der Waals surface area contributed by atoms with E-state index in [1.54, 1.807) is 0 Å². The van der Waals surface area contributed by atoms with Gasteiger partial charge in [-0.05, 0) is 12.8 Å². The van der Waals surface area contributed by atoms with E-state index in [-0.39, 0.29) is 5.91 Å². The molecule has 1 aromatic heterocycles. The SMILES string of the molecule is CCCNC(=O)c1sc(N(C)CCC)nc1N. The number of amides is 1. The van der Waals surface area contributed by atoms with E-state index in [9.17, 15) is 4.79 Å². The van der Waals surface area contributed by atoms with E-state index < -0.39 is 0 Å². The summed E-state index contributed by atoms with van der Waals surface area (Å²) in [7, 11) is 1.95. The standard InChI is InChI=1S/C11H20N4OS/c1-4-6-13-10(16)8-9(12)14-11(17-8)15(3)7-5-2/h4-7,12H2,1-3H3,(H,13,16). The highest BCUT2D eigenvalue weighted by Crippen LogP contribution is 2.27. The van der Waals surface area contributed by atoms with Crippen molar-refractivity contribution >= 4 is 28.2 Å². The van der Waals surface area contributed by atoms with Crippen LogP contribution in [0.1, 0.15) is 36.4 Å². The summed E-state index contributed by atoms with van der Waals surface area (Å²) >= 11 is 1.34. The van der Waals surface area contributed by atoms with Crippen LogP contribution in [0.25, 0.3) is 0 Å². The summed E-state index contributed by atoms with van der Waals surface area (Å²) in [5, 5.41) is 3.60. The monoisotopic (exact) mass is 256 g/mol. The minimum absolute atomic E-state index is 0.127. The maximum Gasteiger partial charge on any atom is 0.265 e. The Hall–Kier alpha value is -1.30. The third-order valence-corrected chi connectivity index (χ3v) is 3.45. The lowest BCUT2D eigenvalue weighted by Crippen LogP contribution is -2.23. The van der Waals surface area contributed by atoms with Crippen LogP contribution in [0.15, 0.2) is 0 Å². The third-order valence-electron chi connectivity index (χ3n) is 2.27. The van der Waals surface area contributed by atoms with Crippen LogP contribution in [-0.4, -0.2) is 31.0 Å². The van der Waals surface area contributed by atoms with Crippen molar-refractivity contribution < 1.29 is 4.79 Å². The molecule has 0 aliphatic carbocycles. The zero-order chi connectivity index (χ0) is 12.8. The van der Waals surface area contributed by atoms with E-state index in [2.05, 4.69) is 17.2 Å². The molecular formula is C11H20N4OS. The molecule has 1 heterocycles. The summed E-state index contributed by atoms with van der Waals surface area (Å²) in [4.78, 5) is 18.5. The summed E-state index contributed by atoms with van der Waals surface area (Å²) in [5.74, 6) is 0.194. The molecule has 5 nitrogen and oxygen atoms in total. The first kappa shape index (κ1) is 13.8. The topological polar surface area (TPSA) is 71.2 Å². The van der Waals surface area contributed by atoms with Gasteiger partial charge in [0, 0.05) is 20.1 Å². The summed E-state index contributed by atoms with van der Waals surface area (Å²) in [6.07, 6.45) is 1.94. The van der Waals surface area contributed by atoms with Crippen molar-refractivity contribution in [3.63, 3.8) is 0 Å². The Bertz CT molecular complexity index is 378. The molecule has 3 N–H and O–H groups in total.